The normalized spacial score (nSPS) is 10.1. The lowest BCUT2D eigenvalue weighted by Gasteiger charge is -2.02. The molecule has 1 heterocycles. The Labute approximate surface area is 88.2 Å². The molecule has 1 aromatic rings. The summed E-state index contributed by atoms with van der Waals surface area (Å²) in [5.74, 6) is -0.490. The number of aromatic nitrogens is 2. The van der Waals surface area contributed by atoms with E-state index in [1.807, 2.05) is 22.6 Å². The molecule has 0 aliphatic rings. The highest BCUT2D eigenvalue weighted by atomic mass is 127. The Balaban J connectivity index is 3.01. The smallest absolute Gasteiger partial charge is 0.357 e. The van der Waals surface area contributed by atoms with E-state index in [0.717, 1.165) is 0 Å². The Kier molecular flexibility index (Phi) is 3.64. The van der Waals surface area contributed by atoms with E-state index in [1.54, 1.807) is 0 Å². The number of esters is 1. The molecule has 72 valence electrons. The van der Waals surface area contributed by atoms with Crippen LogP contribution in [0.15, 0.2) is 6.20 Å². The van der Waals surface area contributed by atoms with E-state index < -0.39 is 12.6 Å². The van der Waals surface area contributed by atoms with Crippen LogP contribution in [-0.4, -0.2) is 29.5 Å². The lowest BCUT2D eigenvalue weighted by atomic mass is 10.4. The second kappa shape index (κ2) is 4.54. The number of methoxy groups -OCH3 is 1. The van der Waals surface area contributed by atoms with E-state index in [-0.39, 0.29) is 6.54 Å². The van der Waals surface area contributed by atoms with Gasteiger partial charge in [0, 0.05) is 0 Å². The molecule has 0 saturated heterocycles. The number of hydrogen-bond acceptors (Lipinski definition) is 3. The van der Waals surface area contributed by atoms with Crippen LogP contribution in [0.25, 0.3) is 0 Å². The summed E-state index contributed by atoms with van der Waals surface area (Å²) in [6.07, 6.45) is 1.50. The fourth-order valence-electron chi connectivity index (χ4n) is 0.912. The van der Waals surface area contributed by atoms with Gasteiger partial charge in [-0.1, -0.05) is 0 Å². The predicted molar refractivity (Wildman–Crippen MR) is 52.3 cm³/mol. The molecule has 0 fully saturated rings. The Morgan fingerprint density at radius 3 is 3.08 bits per heavy atom. The number of alkyl halides is 1. The third-order valence-corrected chi connectivity index (χ3v) is 2.26. The molecule has 0 aliphatic carbocycles. The summed E-state index contributed by atoms with van der Waals surface area (Å²) >= 11 is 1.95. The zero-order chi connectivity index (χ0) is 9.84. The minimum atomic E-state index is -0.554. The van der Waals surface area contributed by atoms with Crippen molar-refractivity contribution in [2.75, 3.05) is 13.8 Å². The van der Waals surface area contributed by atoms with E-state index in [2.05, 4.69) is 9.84 Å². The molecule has 0 spiro atoms. The summed E-state index contributed by atoms with van der Waals surface area (Å²) in [5, 5.41) is 3.84. The first-order valence-corrected chi connectivity index (χ1v) is 4.64. The van der Waals surface area contributed by atoms with Gasteiger partial charge < -0.3 is 4.74 Å². The lowest BCUT2D eigenvalue weighted by Crippen LogP contribution is -2.13. The fraction of sp³-hybridized carbons (Fsp3) is 0.429. The quantitative estimate of drug-likeness (QED) is 0.623. The van der Waals surface area contributed by atoms with E-state index in [4.69, 9.17) is 0 Å². The van der Waals surface area contributed by atoms with Gasteiger partial charge in [-0.25, -0.2) is 9.18 Å². The molecule has 0 saturated carbocycles. The van der Waals surface area contributed by atoms with Crippen LogP contribution in [0.3, 0.4) is 0 Å². The molecule has 0 bridgehead atoms. The molecule has 0 aliphatic heterocycles. The summed E-state index contributed by atoms with van der Waals surface area (Å²) in [6, 6.07) is 0. The average molecular weight is 298 g/mol. The number of ether oxygens (including phenoxy) is 1. The van der Waals surface area contributed by atoms with Crippen molar-refractivity contribution >= 4 is 28.6 Å². The molecule has 1 aromatic heterocycles. The van der Waals surface area contributed by atoms with Crippen molar-refractivity contribution in [2.24, 2.45) is 0 Å². The van der Waals surface area contributed by atoms with Gasteiger partial charge in [0.05, 0.1) is 23.4 Å². The summed E-state index contributed by atoms with van der Waals surface area (Å²) in [6.45, 7) is -0.477. The zero-order valence-corrected chi connectivity index (χ0v) is 9.12. The predicted octanol–water partition coefficient (Wildman–Crippen LogP) is 1.24. The van der Waals surface area contributed by atoms with Crippen molar-refractivity contribution in [3.05, 3.63) is 15.5 Å². The Hall–Kier alpha value is -0.660. The van der Waals surface area contributed by atoms with Crippen LogP contribution >= 0.6 is 22.6 Å². The Morgan fingerprint density at radius 1 is 1.85 bits per heavy atom. The first-order valence-electron chi connectivity index (χ1n) is 3.56. The minimum absolute atomic E-state index is 0.0768. The summed E-state index contributed by atoms with van der Waals surface area (Å²) in [5.41, 5.74) is 0.306. The van der Waals surface area contributed by atoms with Crippen LogP contribution in [0.2, 0.25) is 0 Å². The van der Waals surface area contributed by atoms with Crippen LogP contribution in [0.5, 0.6) is 0 Å². The van der Waals surface area contributed by atoms with Gasteiger partial charge in [-0.15, -0.1) is 0 Å². The largest absolute Gasteiger partial charge is 0.464 e. The zero-order valence-electron chi connectivity index (χ0n) is 6.96. The van der Waals surface area contributed by atoms with Gasteiger partial charge in [0.2, 0.25) is 0 Å². The van der Waals surface area contributed by atoms with E-state index in [0.29, 0.717) is 9.26 Å². The standard InChI is InChI=1S/C7H8FIN2O2/c1-13-7(12)6-5(9)4-10-11(6)3-2-8/h4H,2-3H2,1H3. The highest BCUT2D eigenvalue weighted by molar-refractivity contribution is 14.1. The average Bonchev–Trinajstić information content (AvgIpc) is 2.47. The molecule has 13 heavy (non-hydrogen) atoms. The molecule has 0 aromatic carbocycles. The highest BCUT2D eigenvalue weighted by Gasteiger charge is 2.16. The minimum Gasteiger partial charge on any atom is -0.464 e. The van der Waals surface area contributed by atoms with Crippen LogP contribution in [-0.2, 0) is 11.3 Å². The van der Waals surface area contributed by atoms with Gasteiger partial charge in [-0.2, -0.15) is 5.10 Å². The van der Waals surface area contributed by atoms with Crippen molar-refractivity contribution in [3.63, 3.8) is 0 Å². The van der Waals surface area contributed by atoms with E-state index >= 15 is 0 Å². The van der Waals surface area contributed by atoms with Crippen molar-refractivity contribution in [3.8, 4) is 0 Å². The maximum absolute atomic E-state index is 12.0. The third kappa shape index (κ3) is 2.17. The molecular weight excluding hydrogens is 290 g/mol. The monoisotopic (exact) mass is 298 g/mol. The van der Waals surface area contributed by atoms with Crippen molar-refractivity contribution in [2.45, 2.75) is 6.54 Å². The Bertz CT molecular complexity index is 313. The number of hydrogen-bond donors (Lipinski definition) is 0. The maximum atomic E-state index is 12.0. The topological polar surface area (TPSA) is 44.1 Å². The molecule has 1 rings (SSSR count). The highest BCUT2D eigenvalue weighted by Crippen LogP contribution is 2.12. The number of rotatable bonds is 3. The lowest BCUT2D eigenvalue weighted by molar-refractivity contribution is 0.0584. The van der Waals surface area contributed by atoms with Crippen molar-refractivity contribution in [1.29, 1.82) is 0 Å². The second-order valence-electron chi connectivity index (χ2n) is 2.24. The SMILES string of the molecule is COC(=O)c1c(I)cnn1CCF. The summed E-state index contributed by atoms with van der Waals surface area (Å²) in [4.78, 5) is 11.2. The molecule has 4 nitrogen and oxygen atoms in total. The maximum Gasteiger partial charge on any atom is 0.357 e. The van der Waals surface area contributed by atoms with Crippen molar-refractivity contribution < 1.29 is 13.9 Å². The van der Waals surface area contributed by atoms with Crippen LogP contribution in [0.1, 0.15) is 10.5 Å². The van der Waals surface area contributed by atoms with Crippen LogP contribution < -0.4 is 0 Å². The van der Waals surface area contributed by atoms with Gasteiger partial charge in [0.1, 0.15) is 6.67 Å². The summed E-state index contributed by atoms with van der Waals surface area (Å²) in [7, 11) is 1.28. The third-order valence-electron chi connectivity index (χ3n) is 1.47. The first kappa shape index (κ1) is 10.4. The molecule has 0 unspecified atom stereocenters. The van der Waals surface area contributed by atoms with Gasteiger partial charge in [0.25, 0.3) is 0 Å². The van der Waals surface area contributed by atoms with Gasteiger partial charge in [-0.3, -0.25) is 4.68 Å². The molecule has 6 heteroatoms. The van der Waals surface area contributed by atoms with E-state index in [1.165, 1.54) is 18.0 Å². The van der Waals surface area contributed by atoms with Crippen molar-refractivity contribution in [1.82, 2.24) is 9.78 Å². The van der Waals surface area contributed by atoms with E-state index in [9.17, 15) is 9.18 Å². The number of carbonyl (C=O) groups excluding carboxylic acids is 1. The first-order chi connectivity index (χ1) is 6.20. The Morgan fingerprint density at radius 2 is 2.54 bits per heavy atom. The number of aryl methyl sites for hydroxylation is 1. The fourth-order valence-corrected chi connectivity index (χ4v) is 1.53. The second-order valence-corrected chi connectivity index (χ2v) is 3.41. The van der Waals surface area contributed by atoms with Crippen LogP contribution in [0, 0.1) is 3.57 Å². The van der Waals surface area contributed by atoms with Crippen LogP contribution in [0.4, 0.5) is 4.39 Å². The summed E-state index contributed by atoms with van der Waals surface area (Å²) < 4.78 is 18.5. The molecule has 0 atom stereocenters. The van der Waals surface area contributed by atoms with Gasteiger partial charge in [0.15, 0.2) is 5.69 Å². The molecule has 0 N–H and O–H groups in total. The molecule has 0 amide bonds. The number of nitrogens with zero attached hydrogens (tertiary/aromatic N) is 2. The van der Waals surface area contributed by atoms with Gasteiger partial charge in [-0.05, 0) is 22.6 Å². The van der Waals surface area contributed by atoms with Gasteiger partial charge >= 0.3 is 5.97 Å². The number of halogens is 2. The molecule has 0 radical (unpaired) electrons. The number of carbonyl (C=O) groups is 1. The molecular formula is C7H8FIN2O2.